The molecule has 0 heterocycles. The monoisotopic (exact) mass is 839 g/mol. The summed E-state index contributed by atoms with van der Waals surface area (Å²) in [4.78, 5) is 16.4. The number of halogens is 4. The maximum atomic E-state index is 12.8. The Morgan fingerprint density at radius 3 is 1.78 bits per heavy atom. The minimum Gasteiger partial charge on any atom is -0.421 e. The number of carbonyl (C=O) groups excluding carboxylic acids is 1. The van der Waals surface area contributed by atoms with Gasteiger partial charge in [-0.15, -0.1) is 0 Å². The van der Waals surface area contributed by atoms with E-state index in [1.54, 1.807) is 0 Å². The molecule has 4 aromatic rings. The predicted octanol–water partition coefficient (Wildman–Crippen LogP) is 8.58. The Labute approximate surface area is 239 Å². The molecule has 160 valence electrons. The summed E-state index contributed by atoms with van der Waals surface area (Å²) in [7, 11) is -0.268. The third-order valence-corrected chi connectivity index (χ3v) is 9.50. The summed E-state index contributed by atoms with van der Waals surface area (Å²) in [6.07, 6.45) is 0. The lowest BCUT2D eigenvalue weighted by atomic mass is 10.2. The van der Waals surface area contributed by atoms with Gasteiger partial charge in [-0.1, -0.05) is 34.1 Å². The molecule has 7 heteroatoms. The fourth-order valence-electron chi connectivity index (χ4n) is 3.04. The maximum Gasteiger partial charge on any atom is 0.343 e. The lowest BCUT2D eigenvalue weighted by Gasteiger charge is -2.11. The van der Waals surface area contributed by atoms with Crippen molar-refractivity contribution in [3.8, 4) is 5.75 Å². The van der Waals surface area contributed by atoms with Crippen molar-refractivity contribution in [1.29, 1.82) is 0 Å². The van der Waals surface area contributed by atoms with Crippen LogP contribution in [0.4, 0.5) is 0 Å². The van der Waals surface area contributed by atoms with Crippen molar-refractivity contribution in [3.05, 3.63) is 112 Å². The first-order valence-corrected chi connectivity index (χ1v) is 14.7. The number of hydrogen-bond donors (Lipinski definition) is 0. The van der Waals surface area contributed by atoms with Crippen LogP contribution in [-0.2, 0) is 10.9 Å². The Morgan fingerprint density at radius 2 is 1.22 bits per heavy atom. The molecular weight excluding hydrogens is 825 g/mol. The SMILES string of the molecule is O=C(Oc1c(I)cc(I)cc1I)c1ccc([S+](c2ccccc2)c2ccc(Br)cc2)cc1. The van der Waals surface area contributed by atoms with Crippen LogP contribution in [0.5, 0.6) is 5.75 Å². The smallest absolute Gasteiger partial charge is 0.343 e. The van der Waals surface area contributed by atoms with E-state index < -0.39 is 0 Å². The quantitative estimate of drug-likeness (QED) is 0.0872. The molecular formula is C25H15BrI3O2S+. The third kappa shape index (κ3) is 5.89. The second-order valence-electron chi connectivity index (χ2n) is 6.69. The van der Waals surface area contributed by atoms with E-state index in [1.807, 2.05) is 42.5 Å². The molecule has 4 aromatic carbocycles. The van der Waals surface area contributed by atoms with Crippen molar-refractivity contribution < 1.29 is 9.53 Å². The third-order valence-electron chi connectivity index (χ3n) is 4.51. The molecule has 0 aliphatic carbocycles. The molecule has 2 nitrogen and oxygen atoms in total. The average Bonchev–Trinajstić information content (AvgIpc) is 2.79. The minimum absolute atomic E-state index is 0.268. The van der Waals surface area contributed by atoms with Gasteiger partial charge in [-0.2, -0.15) is 0 Å². The van der Waals surface area contributed by atoms with Crippen molar-refractivity contribution in [3.63, 3.8) is 0 Å². The van der Waals surface area contributed by atoms with Crippen molar-refractivity contribution >= 4 is 101 Å². The van der Waals surface area contributed by atoms with Gasteiger partial charge in [-0.3, -0.25) is 0 Å². The van der Waals surface area contributed by atoms with Crippen LogP contribution in [0.15, 0.2) is 110 Å². The van der Waals surface area contributed by atoms with E-state index >= 15 is 0 Å². The van der Waals surface area contributed by atoms with E-state index in [2.05, 4.69) is 132 Å². The fourth-order valence-corrected chi connectivity index (χ4v) is 9.17. The van der Waals surface area contributed by atoms with E-state index in [0.717, 1.165) is 20.1 Å². The average molecular weight is 840 g/mol. The molecule has 0 aliphatic heterocycles. The van der Waals surface area contributed by atoms with Gasteiger partial charge in [-0.25, -0.2) is 4.79 Å². The Balaban J connectivity index is 1.63. The second-order valence-corrected chi connectivity index (χ2v) is 13.2. The Morgan fingerprint density at radius 1 is 0.719 bits per heavy atom. The van der Waals surface area contributed by atoms with Crippen molar-refractivity contribution in [2.45, 2.75) is 14.7 Å². The van der Waals surface area contributed by atoms with E-state index in [1.165, 1.54) is 9.79 Å². The van der Waals surface area contributed by atoms with Gasteiger partial charge in [-0.05, 0) is 141 Å². The summed E-state index contributed by atoms with van der Waals surface area (Å²) < 4.78 is 9.75. The van der Waals surface area contributed by atoms with Crippen LogP contribution in [0.25, 0.3) is 0 Å². The van der Waals surface area contributed by atoms with Gasteiger partial charge in [0.15, 0.2) is 20.4 Å². The summed E-state index contributed by atoms with van der Waals surface area (Å²) in [6.45, 7) is 0. The van der Waals surface area contributed by atoms with Gasteiger partial charge in [0.25, 0.3) is 0 Å². The van der Waals surface area contributed by atoms with Gasteiger partial charge in [0.1, 0.15) is 0 Å². The van der Waals surface area contributed by atoms with Crippen LogP contribution < -0.4 is 4.74 Å². The van der Waals surface area contributed by atoms with Crippen LogP contribution in [0.1, 0.15) is 10.4 Å². The summed E-state index contributed by atoms with van der Waals surface area (Å²) in [5.41, 5.74) is 0.534. The van der Waals surface area contributed by atoms with Crippen molar-refractivity contribution in [1.82, 2.24) is 0 Å². The maximum absolute atomic E-state index is 12.8. The first-order chi connectivity index (χ1) is 15.4. The highest BCUT2D eigenvalue weighted by Gasteiger charge is 2.28. The van der Waals surface area contributed by atoms with Gasteiger partial charge in [0.2, 0.25) is 0 Å². The Hall–Kier alpha value is -0.630. The lowest BCUT2D eigenvalue weighted by Crippen LogP contribution is -2.11. The molecule has 0 saturated carbocycles. The number of hydrogen-bond acceptors (Lipinski definition) is 2. The van der Waals surface area contributed by atoms with Crippen LogP contribution in [0.2, 0.25) is 0 Å². The topological polar surface area (TPSA) is 26.3 Å². The number of esters is 1. The molecule has 1 atom stereocenters. The van der Waals surface area contributed by atoms with E-state index in [-0.39, 0.29) is 16.9 Å². The van der Waals surface area contributed by atoms with Crippen LogP contribution in [-0.4, -0.2) is 5.97 Å². The first kappa shape index (κ1) is 24.5. The molecule has 0 saturated heterocycles. The largest absolute Gasteiger partial charge is 0.421 e. The molecule has 0 N–H and O–H groups in total. The number of carbonyl (C=O) groups is 1. The molecule has 0 aliphatic rings. The first-order valence-electron chi connectivity index (χ1n) is 9.44. The molecule has 32 heavy (non-hydrogen) atoms. The van der Waals surface area contributed by atoms with Crippen LogP contribution in [0.3, 0.4) is 0 Å². The number of benzene rings is 4. The molecule has 1 unspecified atom stereocenters. The zero-order valence-corrected chi connectivity index (χ0v) is 25.3. The molecule has 0 bridgehead atoms. The molecule has 0 amide bonds. The summed E-state index contributed by atoms with van der Waals surface area (Å²) in [5.74, 6) is 0.261. The minimum atomic E-state index is -0.350. The number of ether oxygens (including phenoxy) is 1. The van der Waals surface area contributed by atoms with Gasteiger partial charge in [0.05, 0.1) is 23.6 Å². The van der Waals surface area contributed by atoms with E-state index in [9.17, 15) is 4.79 Å². The standard InChI is InChI=1S/C25H15BrI3O2S/c26-17-8-12-21(13-9-17)32(19-4-2-1-3-5-19)20-10-6-16(7-11-20)25(30)31-24-22(28)14-18(27)15-23(24)29/h1-15H/q+1. The Kier molecular flexibility index (Phi) is 8.57. The van der Waals surface area contributed by atoms with Gasteiger partial charge < -0.3 is 4.74 Å². The van der Waals surface area contributed by atoms with Crippen molar-refractivity contribution in [2.75, 3.05) is 0 Å². The summed E-state index contributed by atoms with van der Waals surface area (Å²) in [5, 5.41) is 0. The van der Waals surface area contributed by atoms with Crippen LogP contribution in [0, 0.1) is 10.7 Å². The fraction of sp³-hybridized carbons (Fsp3) is 0. The molecule has 0 aromatic heterocycles. The second kappa shape index (κ2) is 11.2. The lowest BCUT2D eigenvalue weighted by molar-refractivity contribution is 0.0732. The predicted molar refractivity (Wildman–Crippen MR) is 159 cm³/mol. The highest BCUT2D eigenvalue weighted by Crippen LogP contribution is 2.33. The zero-order valence-electron chi connectivity index (χ0n) is 16.4. The van der Waals surface area contributed by atoms with Crippen molar-refractivity contribution in [2.24, 2.45) is 0 Å². The highest BCUT2D eigenvalue weighted by atomic mass is 127. The van der Waals surface area contributed by atoms with Crippen LogP contribution >= 0.6 is 83.7 Å². The summed E-state index contributed by atoms with van der Waals surface area (Å²) >= 11 is 10.2. The molecule has 0 fully saturated rings. The normalized spacial score (nSPS) is 11.8. The highest BCUT2D eigenvalue weighted by molar-refractivity contribution is 14.1. The molecule has 0 radical (unpaired) electrons. The Bertz CT molecular complexity index is 1220. The van der Waals surface area contributed by atoms with Gasteiger partial charge in [0, 0.05) is 8.04 Å². The molecule has 0 spiro atoms. The number of rotatable bonds is 5. The van der Waals surface area contributed by atoms with E-state index in [4.69, 9.17) is 4.74 Å². The summed E-state index contributed by atoms with van der Waals surface area (Å²) in [6, 6.07) is 30.6. The molecule has 4 rings (SSSR count). The van der Waals surface area contributed by atoms with E-state index in [0.29, 0.717) is 11.3 Å². The zero-order chi connectivity index (χ0) is 22.7. The van der Waals surface area contributed by atoms with Gasteiger partial charge >= 0.3 is 5.97 Å².